The number of fused-ring (bicyclic) bond motifs is 1. The van der Waals surface area contributed by atoms with Crippen LogP contribution in [0.5, 0.6) is 0 Å². The second-order valence-corrected chi connectivity index (χ2v) is 4.28. The molecular formula is C16H22N2S. The Hall–Kier alpha value is -1.61. The Labute approximate surface area is 119 Å². The molecule has 0 fully saturated rings. The Bertz CT molecular complexity index is 542. The molecule has 2 heterocycles. The first kappa shape index (κ1) is 15.4. The molecule has 1 aliphatic carbocycles. The maximum Gasteiger partial charge on any atom is 0.194 e. The highest BCUT2D eigenvalue weighted by Gasteiger charge is 2.05. The molecule has 3 rings (SSSR count). The van der Waals surface area contributed by atoms with Crippen LogP contribution in [0.2, 0.25) is 0 Å². The molecule has 0 saturated carbocycles. The van der Waals surface area contributed by atoms with Crippen LogP contribution in [0, 0.1) is 0 Å². The van der Waals surface area contributed by atoms with Crippen LogP contribution in [-0.2, 0) is 0 Å². The van der Waals surface area contributed by atoms with Gasteiger partial charge < -0.3 is 0 Å². The standard InChI is InChI=1S/C12H10N2S.2C2H6/c1-2-4-6-10(5-3-1)11-9-14-7-8-15-12(14)13-11;2*1-2/h1,3-9H,2H2;2*1-2H3. The van der Waals surface area contributed by atoms with Crippen molar-refractivity contribution in [2.45, 2.75) is 34.1 Å². The number of imidazole rings is 1. The molecule has 3 heteroatoms. The lowest BCUT2D eigenvalue weighted by molar-refractivity contribution is 1.23. The van der Waals surface area contributed by atoms with Crippen LogP contribution in [0.15, 0.2) is 48.2 Å². The van der Waals surface area contributed by atoms with E-state index in [1.165, 1.54) is 5.57 Å². The summed E-state index contributed by atoms with van der Waals surface area (Å²) in [5.74, 6) is 0. The van der Waals surface area contributed by atoms with Crippen LogP contribution in [0.25, 0.3) is 10.5 Å². The number of nitrogens with zero attached hydrogens (tertiary/aromatic N) is 2. The van der Waals surface area contributed by atoms with Gasteiger partial charge >= 0.3 is 0 Å². The fraction of sp³-hybridized carbons (Fsp3) is 0.312. The van der Waals surface area contributed by atoms with Crippen LogP contribution in [-0.4, -0.2) is 9.38 Å². The summed E-state index contributed by atoms with van der Waals surface area (Å²) < 4.78 is 2.06. The van der Waals surface area contributed by atoms with E-state index in [0.29, 0.717) is 0 Å². The van der Waals surface area contributed by atoms with Gasteiger partial charge in [0.2, 0.25) is 0 Å². The molecule has 0 aromatic carbocycles. The Morgan fingerprint density at radius 2 is 1.95 bits per heavy atom. The summed E-state index contributed by atoms with van der Waals surface area (Å²) in [6.45, 7) is 8.00. The van der Waals surface area contributed by atoms with E-state index in [4.69, 9.17) is 0 Å². The molecule has 1 aliphatic rings. The van der Waals surface area contributed by atoms with Crippen molar-refractivity contribution < 1.29 is 0 Å². The molecule has 0 aliphatic heterocycles. The third kappa shape index (κ3) is 3.93. The molecule has 2 nitrogen and oxygen atoms in total. The topological polar surface area (TPSA) is 17.3 Å². The number of rotatable bonds is 1. The van der Waals surface area contributed by atoms with Gasteiger partial charge in [-0.15, -0.1) is 11.3 Å². The van der Waals surface area contributed by atoms with Crippen molar-refractivity contribution in [3.05, 3.63) is 53.8 Å². The van der Waals surface area contributed by atoms with Gasteiger partial charge in [-0.3, -0.25) is 4.40 Å². The third-order valence-electron chi connectivity index (χ3n) is 2.37. The predicted molar refractivity (Wildman–Crippen MR) is 86.6 cm³/mol. The van der Waals surface area contributed by atoms with E-state index in [2.05, 4.69) is 46.0 Å². The summed E-state index contributed by atoms with van der Waals surface area (Å²) in [5, 5.41) is 2.04. The molecule has 2 aromatic rings. The summed E-state index contributed by atoms with van der Waals surface area (Å²) in [5.41, 5.74) is 2.23. The first-order chi connectivity index (χ1) is 9.43. The molecule has 0 radical (unpaired) electrons. The molecule has 0 unspecified atom stereocenters. The maximum absolute atomic E-state index is 4.57. The normalized spacial score (nSPS) is 12.9. The summed E-state index contributed by atoms with van der Waals surface area (Å²) in [7, 11) is 0. The van der Waals surface area contributed by atoms with E-state index in [1.54, 1.807) is 11.3 Å². The van der Waals surface area contributed by atoms with E-state index < -0.39 is 0 Å². The fourth-order valence-corrected chi connectivity index (χ4v) is 2.32. The van der Waals surface area contributed by atoms with Gasteiger partial charge in [-0.1, -0.05) is 58.1 Å². The van der Waals surface area contributed by atoms with Gasteiger partial charge in [-0.05, 0) is 6.42 Å². The fourth-order valence-electron chi connectivity index (χ4n) is 1.62. The molecule has 19 heavy (non-hydrogen) atoms. The molecule has 0 saturated heterocycles. The highest BCUT2D eigenvalue weighted by atomic mass is 32.1. The average molecular weight is 274 g/mol. The maximum atomic E-state index is 4.57. The van der Waals surface area contributed by atoms with Gasteiger partial charge in [0.1, 0.15) is 0 Å². The Morgan fingerprint density at radius 3 is 2.68 bits per heavy atom. The lowest BCUT2D eigenvalue weighted by Gasteiger charge is -1.92. The largest absolute Gasteiger partial charge is 0.297 e. The van der Waals surface area contributed by atoms with Gasteiger partial charge in [-0.2, -0.15) is 0 Å². The number of hydrogen-bond donors (Lipinski definition) is 0. The number of hydrogen-bond acceptors (Lipinski definition) is 2. The average Bonchev–Trinajstić information content (AvgIpc) is 2.96. The highest BCUT2D eigenvalue weighted by molar-refractivity contribution is 7.15. The van der Waals surface area contributed by atoms with Crippen molar-refractivity contribution in [1.29, 1.82) is 0 Å². The SMILES string of the molecule is C1=CCC=CC(c2cn3ccsc3n2)=C1.CC.CC. The van der Waals surface area contributed by atoms with E-state index in [1.807, 2.05) is 39.3 Å². The van der Waals surface area contributed by atoms with E-state index in [-0.39, 0.29) is 0 Å². The van der Waals surface area contributed by atoms with E-state index >= 15 is 0 Å². The molecule has 0 N–H and O–H groups in total. The van der Waals surface area contributed by atoms with Crippen LogP contribution in [0.4, 0.5) is 0 Å². The summed E-state index contributed by atoms with van der Waals surface area (Å²) in [4.78, 5) is 5.61. The third-order valence-corrected chi connectivity index (χ3v) is 3.14. The molecule has 0 bridgehead atoms. The zero-order valence-electron chi connectivity index (χ0n) is 12.1. The van der Waals surface area contributed by atoms with Crippen molar-refractivity contribution in [3.63, 3.8) is 0 Å². The molecule has 0 amide bonds. The van der Waals surface area contributed by atoms with Gasteiger partial charge in [0.05, 0.1) is 5.69 Å². The molecule has 0 atom stereocenters. The van der Waals surface area contributed by atoms with Gasteiger partial charge in [0.15, 0.2) is 4.96 Å². The Morgan fingerprint density at radius 1 is 1.16 bits per heavy atom. The summed E-state index contributed by atoms with van der Waals surface area (Å²) in [6.07, 6.45) is 15.7. The van der Waals surface area contributed by atoms with Crippen LogP contribution in [0.3, 0.4) is 0 Å². The van der Waals surface area contributed by atoms with Crippen LogP contribution < -0.4 is 0 Å². The lowest BCUT2D eigenvalue weighted by atomic mass is 10.2. The number of aromatic nitrogens is 2. The van der Waals surface area contributed by atoms with Crippen molar-refractivity contribution in [3.8, 4) is 0 Å². The van der Waals surface area contributed by atoms with Crippen molar-refractivity contribution in [2.24, 2.45) is 0 Å². The molecule has 2 aromatic heterocycles. The minimum absolute atomic E-state index is 1.00. The zero-order valence-corrected chi connectivity index (χ0v) is 12.9. The number of allylic oxidation sites excluding steroid dienone is 6. The predicted octanol–water partition coefficient (Wildman–Crippen LogP) is 5.35. The highest BCUT2D eigenvalue weighted by Crippen LogP contribution is 2.20. The van der Waals surface area contributed by atoms with Crippen molar-refractivity contribution in [1.82, 2.24) is 9.38 Å². The quantitative estimate of drug-likeness (QED) is 0.685. The number of thiazole rings is 1. The van der Waals surface area contributed by atoms with Crippen LogP contribution in [0.1, 0.15) is 39.8 Å². The van der Waals surface area contributed by atoms with Crippen molar-refractivity contribution in [2.75, 3.05) is 0 Å². The van der Waals surface area contributed by atoms with Gasteiger partial charge in [0, 0.05) is 23.3 Å². The van der Waals surface area contributed by atoms with Crippen molar-refractivity contribution >= 4 is 21.9 Å². The second kappa shape index (κ2) is 8.48. The first-order valence-corrected chi connectivity index (χ1v) is 7.77. The Kier molecular flexibility index (Phi) is 6.90. The minimum atomic E-state index is 1.00. The Balaban J connectivity index is 0.000000415. The zero-order chi connectivity index (χ0) is 14.1. The van der Waals surface area contributed by atoms with Gasteiger partial charge in [0.25, 0.3) is 0 Å². The summed E-state index contributed by atoms with van der Waals surface area (Å²) in [6, 6.07) is 0. The van der Waals surface area contributed by atoms with Crippen LogP contribution >= 0.6 is 11.3 Å². The monoisotopic (exact) mass is 274 g/mol. The van der Waals surface area contributed by atoms with E-state index in [9.17, 15) is 0 Å². The molecule has 102 valence electrons. The first-order valence-electron chi connectivity index (χ1n) is 6.89. The molecule has 0 spiro atoms. The molecular weight excluding hydrogens is 252 g/mol. The van der Waals surface area contributed by atoms with E-state index in [0.717, 1.165) is 17.1 Å². The lowest BCUT2D eigenvalue weighted by Crippen LogP contribution is -1.78. The summed E-state index contributed by atoms with van der Waals surface area (Å²) >= 11 is 1.66. The smallest absolute Gasteiger partial charge is 0.194 e. The van der Waals surface area contributed by atoms with Gasteiger partial charge in [-0.25, -0.2) is 4.98 Å². The second-order valence-electron chi connectivity index (χ2n) is 3.41. The minimum Gasteiger partial charge on any atom is -0.297 e.